The first-order valence-electron chi connectivity index (χ1n) is 10.3. The van der Waals surface area contributed by atoms with E-state index >= 15 is 0 Å². The normalized spacial score (nSPS) is 11.4. The number of ketones is 1. The largest absolute Gasteiger partial charge is 0.444 e. The lowest BCUT2D eigenvalue weighted by molar-refractivity contribution is 0.0525. The Kier molecular flexibility index (Phi) is 7.70. The summed E-state index contributed by atoms with van der Waals surface area (Å²) in [7, 11) is 0. The van der Waals surface area contributed by atoms with Crippen molar-refractivity contribution in [3.8, 4) is 10.7 Å². The Balaban J connectivity index is 1.52. The predicted octanol–water partition coefficient (Wildman–Crippen LogP) is 3.21. The molecular weight excluding hydrogens is 428 g/mol. The van der Waals surface area contributed by atoms with Gasteiger partial charge in [0.25, 0.3) is 0 Å². The molecule has 32 heavy (non-hydrogen) atoms. The Morgan fingerprint density at radius 3 is 2.78 bits per heavy atom. The monoisotopic (exact) mass is 456 g/mol. The number of thiazole rings is 1. The summed E-state index contributed by atoms with van der Waals surface area (Å²) in [5, 5.41) is 11.1. The van der Waals surface area contributed by atoms with Gasteiger partial charge < -0.3 is 15.4 Å². The number of hydrogen-bond donors (Lipinski definition) is 2. The number of aromatic nitrogens is 4. The fourth-order valence-electron chi connectivity index (χ4n) is 2.86. The molecule has 3 aromatic heterocycles. The topological polar surface area (TPSA) is 111 Å². The quantitative estimate of drug-likeness (QED) is 0.476. The number of ether oxygens (including phenoxy) is 1. The summed E-state index contributed by atoms with van der Waals surface area (Å²) < 4.78 is 6.94. The van der Waals surface area contributed by atoms with Gasteiger partial charge in [-0.1, -0.05) is 6.07 Å². The second kappa shape index (κ2) is 10.5. The maximum atomic E-state index is 12.6. The van der Waals surface area contributed by atoms with Crippen LogP contribution in [0.1, 0.15) is 41.7 Å². The molecule has 0 aliphatic carbocycles. The number of Topliss-reactive ketones (excluding diaryl/α,β-unsaturated/α-hetero) is 1. The summed E-state index contributed by atoms with van der Waals surface area (Å²) in [4.78, 5) is 33.6. The van der Waals surface area contributed by atoms with Crippen molar-refractivity contribution >= 4 is 23.2 Å². The summed E-state index contributed by atoms with van der Waals surface area (Å²) in [6.45, 7) is 8.96. The molecule has 0 aromatic carbocycles. The number of rotatable bonds is 9. The van der Waals surface area contributed by atoms with Crippen molar-refractivity contribution in [2.75, 3.05) is 13.1 Å². The van der Waals surface area contributed by atoms with E-state index in [4.69, 9.17) is 4.74 Å². The molecule has 0 fully saturated rings. The molecule has 1 amide bonds. The first kappa shape index (κ1) is 23.6. The van der Waals surface area contributed by atoms with Gasteiger partial charge in [-0.25, -0.2) is 9.78 Å². The van der Waals surface area contributed by atoms with Crippen LogP contribution in [0.2, 0.25) is 0 Å². The Morgan fingerprint density at radius 2 is 2.06 bits per heavy atom. The molecule has 0 radical (unpaired) electrons. The smallest absolute Gasteiger partial charge is 0.407 e. The van der Waals surface area contributed by atoms with Crippen LogP contribution in [-0.2, 0) is 17.8 Å². The molecule has 0 spiro atoms. The minimum Gasteiger partial charge on any atom is -0.444 e. The number of pyridine rings is 1. The number of hydrogen-bond acceptors (Lipinski definition) is 8. The lowest BCUT2D eigenvalue weighted by Gasteiger charge is -2.19. The first-order valence-corrected chi connectivity index (χ1v) is 11.1. The number of alkyl carbamates (subject to hydrolysis) is 1. The predicted molar refractivity (Wildman–Crippen MR) is 123 cm³/mol. The van der Waals surface area contributed by atoms with Crippen molar-refractivity contribution in [2.24, 2.45) is 0 Å². The van der Waals surface area contributed by atoms with Crippen molar-refractivity contribution in [2.45, 2.75) is 46.4 Å². The van der Waals surface area contributed by atoms with Crippen LogP contribution in [0.15, 0.2) is 36.8 Å². The molecule has 0 aliphatic rings. The van der Waals surface area contributed by atoms with Gasteiger partial charge in [-0.05, 0) is 45.4 Å². The number of carbonyl (C=O) groups excluding carboxylic acids is 2. The van der Waals surface area contributed by atoms with Crippen LogP contribution in [0.25, 0.3) is 10.7 Å². The third kappa shape index (κ3) is 6.96. The van der Waals surface area contributed by atoms with Crippen LogP contribution >= 0.6 is 11.3 Å². The summed E-state index contributed by atoms with van der Waals surface area (Å²) in [6.07, 6.45) is 4.85. The third-order valence-electron chi connectivity index (χ3n) is 4.26. The third-order valence-corrected chi connectivity index (χ3v) is 5.48. The molecule has 0 saturated carbocycles. The van der Waals surface area contributed by atoms with Gasteiger partial charge in [-0.2, -0.15) is 5.10 Å². The zero-order chi connectivity index (χ0) is 23.1. The average Bonchev–Trinajstić information content (AvgIpc) is 3.34. The summed E-state index contributed by atoms with van der Waals surface area (Å²) in [6, 6.07) is 5.67. The van der Waals surface area contributed by atoms with Crippen molar-refractivity contribution in [1.82, 2.24) is 30.4 Å². The van der Waals surface area contributed by atoms with Crippen molar-refractivity contribution in [3.05, 3.63) is 52.9 Å². The Labute approximate surface area is 191 Å². The number of nitrogens with one attached hydrogen (secondary N) is 2. The second-order valence-corrected chi connectivity index (χ2v) is 9.21. The fraction of sp³-hybridized carbons (Fsp3) is 0.409. The van der Waals surface area contributed by atoms with Gasteiger partial charge >= 0.3 is 6.09 Å². The zero-order valence-corrected chi connectivity index (χ0v) is 19.5. The van der Waals surface area contributed by atoms with Gasteiger partial charge in [0.15, 0.2) is 5.78 Å². The van der Waals surface area contributed by atoms with Crippen molar-refractivity contribution in [1.29, 1.82) is 0 Å². The molecule has 3 aromatic rings. The van der Waals surface area contributed by atoms with E-state index in [0.29, 0.717) is 40.9 Å². The first-order chi connectivity index (χ1) is 15.2. The number of aryl methyl sites for hydroxylation is 1. The van der Waals surface area contributed by atoms with E-state index in [1.54, 1.807) is 17.1 Å². The molecule has 0 aliphatic heterocycles. The highest BCUT2D eigenvalue weighted by molar-refractivity contribution is 7.17. The number of nitrogens with zero attached hydrogens (tertiary/aromatic N) is 4. The van der Waals surface area contributed by atoms with Gasteiger partial charge in [-0.15, -0.1) is 11.3 Å². The van der Waals surface area contributed by atoms with Crippen molar-refractivity contribution < 1.29 is 14.3 Å². The van der Waals surface area contributed by atoms with Crippen LogP contribution < -0.4 is 10.6 Å². The molecule has 10 heteroatoms. The molecular formula is C22H28N6O3S. The molecule has 0 unspecified atom stereocenters. The molecule has 0 bridgehead atoms. The lowest BCUT2D eigenvalue weighted by atomic mass is 10.2. The molecule has 2 N–H and O–H groups in total. The molecule has 3 heterocycles. The Hall–Kier alpha value is -3.11. The van der Waals surface area contributed by atoms with Gasteiger partial charge in [0, 0.05) is 31.7 Å². The maximum absolute atomic E-state index is 12.6. The summed E-state index contributed by atoms with van der Waals surface area (Å²) >= 11 is 1.34. The maximum Gasteiger partial charge on any atom is 0.407 e. The fourth-order valence-corrected chi connectivity index (χ4v) is 3.82. The Bertz CT molecular complexity index is 1060. The minimum atomic E-state index is -0.533. The number of carbonyl (C=O) groups is 2. The SMILES string of the molecule is Cc1nc(-c2ccn(CCNC(=O)OC(C)(C)C)n2)sc1C(=O)CNCc1cccnc1. The molecule has 170 valence electrons. The summed E-state index contributed by atoms with van der Waals surface area (Å²) in [5.74, 6) is -0.00358. The molecule has 0 saturated heterocycles. The van der Waals surface area contributed by atoms with Crippen LogP contribution in [-0.4, -0.2) is 50.3 Å². The molecule has 0 atom stereocenters. The lowest BCUT2D eigenvalue weighted by Crippen LogP contribution is -2.34. The highest BCUT2D eigenvalue weighted by atomic mass is 32.1. The van der Waals surface area contributed by atoms with E-state index in [0.717, 1.165) is 5.56 Å². The Morgan fingerprint density at radius 1 is 1.25 bits per heavy atom. The van der Waals surface area contributed by atoms with Crippen LogP contribution in [0.3, 0.4) is 0 Å². The average molecular weight is 457 g/mol. The van der Waals surface area contributed by atoms with E-state index < -0.39 is 11.7 Å². The van der Waals surface area contributed by atoms with E-state index in [9.17, 15) is 9.59 Å². The molecule has 3 rings (SSSR count). The van der Waals surface area contributed by atoms with Gasteiger partial charge in [0.05, 0.1) is 23.7 Å². The second-order valence-electron chi connectivity index (χ2n) is 8.21. The molecule has 9 nitrogen and oxygen atoms in total. The minimum absolute atomic E-state index is 0.00358. The van der Waals surface area contributed by atoms with Gasteiger partial charge in [-0.3, -0.25) is 14.5 Å². The standard InChI is InChI=1S/C22H28N6O3S/c1-15-19(18(29)14-24-13-16-6-5-8-23-12-16)32-20(26-15)17-7-10-28(27-17)11-9-25-21(30)31-22(2,3)4/h5-8,10,12,24H,9,11,13-14H2,1-4H3,(H,25,30). The summed E-state index contributed by atoms with van der Waals surface area (Å²) in [5.41, 5.74) is 1.88. The zero-order valence-electron chi connectivity index (χ0n) is 18.7. The van der Waals surface area contributed by atoms with E-state index in [1.165, 1.54) is 11.3 Å². The highest BCUT2D eigenvalue weighted by Crippen LogP contribution is 2.27. The van der Waals surface area contributed by atoms with Crippen LogP contribution in [0.5, 0.6) is 0 Å². The van der Waals surface area contributed by atoms with Crippen LogP contribution in [0.4, 0.5) is 4.79 Å². The highest BCUT2D eigenvalue weighted by Gasteiger charge is 2.18. The number of amides is 1. The van der Waals surface area contributed by atoms with Crippen LogP contribution in [0, 0.1) is 6.92 Å². The van der Waals surface area contributed by atoms with E-state index in [-0.39, 0.29) is 12.3 Å². The van der Waals surface area contributed by atoms with E-state index in [2.05, 4.69) is 25.7 Å². The van der Waals surface area contributed by atoms with Gasteiger partial charge in [0.2, 0.25) is 0 Å². The van der Waals surface area contributed by atoms with Crippen molar-refractivity contribution in [3.63, 3.8) is 0 Å². The van der Waals surface area contributed by atoms with Gasteiger partial charge in [0.1, 0.15) is 16.3 Å². The van der Waals surface area contributed by atoms with E-state index in [1.807, 2.05) is 52.1 Å².